The summed E-state index contributed by atoms with van der Waals surface area (Å²) in [6.45, 7) is 1.08. The Bertz CT molecular complexity index is 782. The Hall–Kier alpha value is -1.56. The van der Waals surface area contributed by atoms with Gasteiger partial charge >= 0.3 is 0 Å². The number of hydrogen-bond donors (Lipinski definition) is 0. The lowest BCUT2D eigenvalue weighted by Gasteiger charge is -2.15. The van der Waals surface area contributed by atoms with Crippen molar-refractivity contribution in [3.05, 3.63) is 40.0 Å². The van der Waals surface area contributed by atoms with E-state index < -0.39 is 0 Å². The Kier molecular flexibility index (Phi) is 3.33. The summed E-state index contributed by atoms with van der Waals surface area (Å²) in [5.41, 5.74) is 2.00. The highest BCUT2D eigenvalue weighted by molar-refractivity contribution is 7.20. The van der Waals surface area contributed by atoms with Gasteiger partial charge in [-0.15, -0.1) is 22.7 Å². The number of thiazole rings is 1. The van der Waals surface area contributed by atoms with Crippen molar-refractivity contribution in [3.8, 4) is 32.6 Å². The van der Waals surface area contributed by atoms with Gasteiger partial charge in [0, 0.05) is 10.9 Å². The highest BCUT2D eigenvalue weighted by Gasteiger charge is 2.25. The summed E-state index contributed by atoms with van der Waals surface area (Å²) in [4.78, 5) is 5.65. The number of benzene rings is 1. The summed E-state index contributed by atoms with van der Waals surface area (Å²) in [7, 11) is 0. The molecule has 3 aromatic rings. The molecule has 106 valence electrons. The van der Waals surface area contributed by atoms with Crippen LogP contribution in [0.5, 0.6) is 11.5 Å². The van der Waals surface area contributed by atoms with Gasteiger partial charge in [0.15, 0.2) is 11.5 Å². The minimum atomic E-state index is 0.537. The van der Waals surface area contributed by atoms with E-state index >= 15 is 0 Å². The second-order valence-electron chi connectivity index (χ2n) is 4.46. The van der Waals surface area contributed by atoms with Gasteiger partial charge in [0.1, 0.15) is 27.4 Å². The molecule has 0 atom stereocenters. The fourth-order valence-corrected chi connectivity index (χ4v) is 4.32. The van der Waals surface area contributed by atoms with Gasteiger partial charge in [0.2, 0.25) is 0 Å². The Labute approximate surface area is 134 Å². The summed E-state index contributed by atoms with van der Waals surface area (Å²) >= 11 is 9.29. The molecule has 4 rings (SSSR count). The van der Waals surface area contributed by atoms with Crippen molar-refractivity contribution in [2.75, 3.05) is 13.2 Å². The normalized spacial score (nSPS) is 13.4. The van der Waals surface area contributed by atoms with Crippen molar-refractivity contribution >= 4 is 34.3 Å². The summed E-state index contributed by atoms with van der Waals surface area (Å²) in [5.74, 6) is 1.37. The van der Waals surface area contributed by atoms with Crippen molar-refractivity contribution in [2.24, 2.45) is 0 Å². The van der Waals surface area contributed by atoms with E-state index in [4.69, 9.17) is 26.1 Å². The minimum Gasteiger partial charge on any atom is -0.484 e. The van der Waals surface area contributed by atoms with E-state index in [1.165, 1.54) is 11.3 Å². The van der Waals surface area contributed by atoms with E-state index in [0.717, 1.165) is 26.9 Å². The van der Waals surface area contributed by atoms with Crippen molar-refractivity contribution in [1.29, 1.82) is 0 Å². The monoisotopic (exact) mass is 335 g/mol. The first-order valence-corrected chi connectivity index (χ1v) is 8.49. The van der Waals surface area contributed by atoms with Crippen LogP contribution < -0.4 is 9.47 Å². The van der Waals surface area contributed by atoms with E-state index in [2.05, 4.69) is 12.1 Å². The summed E-state index contributed by atoms with van der Waals surface area (Å²) in [6, 6.07) is 10.1. The van der Waals surface area contributed by atoms with Gasteiger partial charge in [0.25, 0.3) is 0 Å². The molecule has 0 fully saturated rings. The molecule has 0 bridgehead atoms. The van der Waals surface area contributed by atoms with Crippen LogP contribution in [0.25, 0.3) is 21.1 Å². The van der Waals surface area contributed by atoms with Crippen molar-refractivity contribution in [3.63, 3.8) is 0 Å². The Morgan fingerprint density at radius 1 is 1.05 bits per heavy atom. The van der Waals surface area contributed by atoms with Gasteiger partial charge in [0.05, 0.1) is 5.69 Å². The standard InChI is InChI=1S/C15H10ClNO2S2/c16-14-12-11(18-6-7-19-12)13(21-14)10-8-20-15(17-10)9-4-2-1-3-5-9/h1-5,8H,6-7H2. The summed E-state index contributed by atoms with van der Waals surface area (Å²) < 4.78 is 11.9. The fraction of sp³-hybridized carbons (Fsp3) is 0.133. The van der Waals surface area contributed by atoms with E-state index in [1.807, 2.05) is 23.6 Å². The third-order valence-electron chi connectivity index (χ3n) is 3.12. The van der Waals surface area contributed by atoms with Crippen LogP contribution in [0.15, 0.2) is 35.7 Å². The highest BCUT2D eigenvalue weighted by Crippen LogP contribution is 2.51. The lowest BCUT2D eigenvalue weighted by molar-refractivity contribution is 0.174. The zero-order chi connectivity index (χ0) is 14.2. The maximum absolute atomic E-state index is 6.23. The molecular formula is C15H10ClNO2S2. The molecule has 1 aliphatic rings. The smallest absolute Gasteiger partial charge is 0.191 e. The molecule has 0 radical (unpaired) electrons. The molecule has 1 aliphatic heterocycles. The Balaban J connectivity index is 1.77. The highest BCUT2D eigenvalue weighted by atomic mass is 35.5. The average molecular weight is 336 g/mol. The Morgan fingerprint density at radius 3 is 2.62 bits per heavy atom. The first-order chi connectivity index (χ1) is 10.3. The molecular weight excluding hydrogens is 326 g/mol. The van der Waals surface area contributed by atoms with E-state index in [9.17, 15) is 0 Å². The fourth-order valence-electron chi connectivity index (χ4n) is 2.18. The number of thiophene rings is 1. The predicted octanol–water partition coefficient (Wildman–Crippen LogP) is 4.96. The molecule has 0 amide bonds. The first kappa shape index (κ1) is 13.1. The lowest BCUT2D eigenvalue weighted by atomic mass is 10.2. The molecule has 0 unspecified atom stereocenters. The maximum atomic E-state index is 6.23. The molecule has 2 aromatic heterocycles. The van der Waals surface area contributed by atoms with Crippen LogP contribution in [0.4, 0.5) is 0 Å². The van der Waals surface area contributed by atoms with E-state index in [1.54, 1.807) is 11.3 Å². The van der Waals surface area contributed by atoms with Crippen LogP contribution in [0.3, 0.4) is 0 Å². The molecule has 0 saturated heterocycles. The summed E-state index contributed by atoms with van der Waals surface area (Å²) in [6.07, 6.45) is 0. The Morgan fingerprint density at radius 2 is 1.81 bits per heavy atom. The van der Waals surface area contributed by atoms with Crippen LogP contribution in [0, 0.1) is 0 Å². The quantitative estimate of drug-likeness (QED) is 0.663. The van der Waals surface area contributed by atoms with Gasteiger partial charge in [-0.1, -0.05) is 41.9 Å². The van der Waals surface area contributed by atoms with Crippen molar-refractivity contribution < 1.29 is 9.47 Å². The first-order valence-electron chi connectivity index (χ1n) is 6.42. The molecule has 1 aromatic carbocycles. The van der Waals surface area contributed by atoms with Crippen molar-refractivity contribution in [2.45, 2.75) is 0 Å². The third kappa shape index (κ3) is 2.31. The van der Waals surface area contributed by atoms with Gasteiger partial charge in [-0.2, -0.15) is 0 Å². The molecule has 0 spiro atoms. The molecule has 6 heteroatoms. The third-order valence-corrected chi connectivity index (χ3v) is 5.37. The van der Waals surface area contributed by atoms with Gasteiger partial charge in [-0.25, -0.2) is 4.98 Å². The van der Waals surface area contributed by atoms with Crippen LogP contribution in [-0.2, 0) is 0 Å². The van der Waals surface area contributed by atoms with Crippen LogP contribution in [0.1, 0.15) is 0 Å². The number of hydrogen-bond acceptors (Lipinski definition) is 5. The SMILES string of the molecule is Clc1sc(-c2csc(-c3ccccc3)n2)c2c1OCCO2. The van der Waals surface area contributed by atoms with E-state index in [-0.39, 0.29) is 0 Å². The molecule has 0 saturated carbocycles. The number of halogens is 1. The zero-order valence-corrected chi connectivity index (χ0v) is 13.2. The lowest BCUT2D eigenvalue weighted by Crippen LogP contribution is -2.14. The van der Waals surface area contributed by atoms with Crippen LogP contribution in [-0.4, -0.2) is 18.2 Å². The predicted molar refractivity (Wildman–Crippen MR) is 86.9 cm³/mol. The van der Waals surface area contributed by atoms with Crippen LogP contribution >= 0.6 is 34.3 Å². The second kappa shape index (κ2) is 5.33. The maximum Gasteiger partial charge on any atom is 0.191 e. The second-order valence-corrected chi connectivity index (χ2v) is 6.94. The van der Waals surface area contributed by atoms with Gasteiger partial charge in [-0.3, -0.25) is 0 Å². The van der Waals surface area contributed by atoms with Gasteiger partial charge in [-0.05, 0) is 0 Å². The number of aromatic nitrogens is 1. The minimum absolute atomic E-state index is 0.537. The molecule has 0 aliphatic carbocycles. The molecule has 0 N–H and O–H groups in total. The number of rotatable bonds is 2. The number of ether oxygens (including phenoxy) is 2. The average Bonchev–Trinajstić information content (AvgIpc) is 3.14. The van der Waals surface area contributed by atoms with Gasteiger partial charge < -0.3 is 9.47 Å². The van der Waals surface area contributed by atoms with Crippen LogP contribution in [0.2, 0.25) is 4.34 Å². The van der Waals surface area contributed by atoms with E-state index in [0.29, 0.717) is 23.3 Å². The zero-order valence-electron chi connectivity index (χ0n) is 10.8. The number of fused-ring (bicyclic) bond motifs is 1. The summed E-state index contributed by atoms with van der Waals surface area (Å²) in [5, 5.41) is 3.02. The largest absolute Gasteiger partial charge is 0.484 e. The topological polar surface area (TPSA) is 31.4 Å². The molecule has 3 nitrogen and oxygen atoms in total. The number of nitrogens with zero attached hydrogens (tertiary/aromatic N) is 1. The van der Waals surface area contributed by atoms with Crippen molar-refractivity contribution in [1.82, 2.24) is 4.98 Å². The molecule has 21 heavy (non-hydrogen) atoms. The molecule has 3 heterocycles.